The highest BCUT2D eigenvalue weighted by Crippen LogP contribution is 2.35. The number of carbonyl (C=O) groups excluding carboxylic acids is 2. The Morgan fingerprint density at radius 1 is 0.905 bits per heavy atom. The molecule has 2 amide bonds. The van der Waals surface area contributed by atoms with Gasteiger partial charge in [0.1, 0.15) is 23.9 Å². The summed E-state index contributed by atoms with van der Waals surface area (Å²) in [6, 6.07) is 30.8. The molecule has 4 aromatic rings. The maximum Gasteiger partial charge on any atom is 0.265 e. The van der Waals surface area contributed by atoms with Crippen LogP contribution in [0.25, 0.3) is 6.08 Å². The molecule has 0 radical (unpaired) electrons. The quantitative estimate of drug-likeness (QED) is 0.152. The first-order chi connectivity index (χ1) is 20.5. The maximum absolute atomic E-state index is 12.7. The van der Waals surface area contributed by atoms with Gasteiger partial charge in [0.15, 0.2) is 6.61 Å². The Hall–Kier alpha value is -5.04. The highest BCUT2D eigenvalue weighted by molar-refractivity contribution is 6.03. The first-order valence-electron chi connectivity index (χ1n) is 14.1. The molecule has 214 valence electrons. The molecule has 0 fully saturated rings. The molecule has 7 nitrogen and oxygen atoms in total. The van der Waals surface area contributed by atoms with Gasteiger partial charge in [-0.15, -0.1) is 0 Å². The third-order valence-corrected chi connectivity index (χ3v) is 6.79. The SMILES string of the molecule is Cc1ccc(OCCCCN2C(=O)COc3ccc(NC(=O)/C=C/c4ccc(OCc5ccccc5)cc4)cc32)cc1. The van der Waals surface area contributed by atoms with E-state index < -0.39 is 0 Å². The maximum atomic E-state index is 12.7. The zero-order valence-electron chi connectivity index (χ0n) is 23.6. The van der Waals surface area contributed by atoms with Crippen molar-refractivity contribution in [3.8, 4) is 17.2 Å². The van der Waals surface area contributed by atoms with Crippen LogP contribution >= 0.6 is 0 Å². The third-order valence-electron chi connectivity index (χ3n) is 6.79. The van der Waals surface area contributed by atoms with Crippen molar-refractivity contribution in [3.63, 3.8) is 0 Å². The van der Waals surface area contributed by atoms with Gasteiger partial charge in [0.05, 0.1) is 12.3 Å². The average Bonchev–Trinajstić information content (AvgIpc) is 3.02. The molecule has 1 aliphatic rings. The summed E-state index contributed by atoms with van der Waals surface area (Å²) in [6.45, 7) is 3.64. The summed E-state index contributed by atoms with van der Waals surface area (Å²) in [4.78, 5) is 27.0. The van der Waals surface area contributed by atoms with Crippen LogP contribution in [0, 0.1) is 6.92 Å². The molecule has 5 rings (SSSR count). The molecule has 0 saturated carbocycles. The summed E-state index contributed by atoms with van der Waals surface area (Å²) in [5.74, 6) is 1.83. The fourth-order valence-corrected chi connectivity index (χ4v) is 4.49. The highest BCUT2D eigenvalue weighted by atomic mass is 16.5. The van der Waals surface area contributed by atoms with Gasteiger partial charge in [-0.05, 0) is 79.4 Å². The number of nitrogens with zero attached hydrogens (tertiary/aromatic N) is 1. The van der Waals surface area contributed by atoms with Crippen molar-refractivity contribution in [1.82, 2.24) is 0 Å². The Morgan fingerprint density at radius 3 is 2.43 bits per heavy atom. The van der Waals surface area contributed by atoms with Gasteiger partial charge in [-0.3, -0.25) is 9.59 Å². The number of hydrogen-bond donors (Lipinski definition) is 1. The van der Waals surface area contributed by atoms with Crippen LogP contribution in [0.2, 0.25) is 0 Å². The van der Waals surface area contributed by atoms with Gasteiger partial charge >= 0.3 is 0 Å². The van der Waals surface area contributed by atoms with E-state index in [0.717, 1.165) is 35.5 Å². The first-order valence-corrected chi connectivity index (χ1v) is 14.1. The monoisotopic (exact) mass is 562 g/mol. The molecule has 0 aromatic heterocycles. The van der Waals surface area contributed by atoms with Crippen LogP contribution in [0.15, 0.2) is 103 Å². The molecule has 42 heavy (non-hydrogen) atoms. The molecule has 7 heteroatoms. The number of amides is 2. The van der Waals surface area contributed by atoms with E-state index in [9.17, 15) is 9.59 Å². The lowest BCUT2D eigenvalue weighted by Crippen LogP contribution is -2.39. The number of benzene rings is 4. The number of ether oxygens (including phenoxy) is 3. The van der Waals surface area contributed by atoms with Crippen molar-refractivity contribution in [1.29, 1.82) is 0 Å². The highest BCUT2D eigenvalue weighted by Gasteiger charge is 2.25. The second-order valence-electron chi connectivity index (χ2n) is 10.1. The lowest BCUT2D eigenvalue weighted by atomic mass is 10.1. The molecule has 4 aromatic carbocycles. The van der Waals surface area contributed by atoms with Gasteiger partial charge in [0.2, 0.25) is 5.91 Å². The number of fused-ring (bicyclic) bond motifs is 1. The summed E-state index contributed by atoms with van der Waals surface area (Å²) in [5.41, 5.74) is 4.40. The molecule has 0 aliphatic carbocycles. The largest absolute Gasteiger partial charge is 0.494 e. The molecule has 0 bridgehead atoms. The van der Waals surface area contributed by atoms with E-state index >= 15 is 0 Å². The molecule has 0 atom stereocenters. The van der Waals surface area contributed by atoms with Gasteiger partial charge in [0, 0.05) is 18.3 Å². The van der Waals surface area contributed by atoms with E-state index in [4.69, 9.17) is 14.2 Å². The van der Waals surface area contributed by atoms with Gasteiger partial charge < -0.3 is 24.4 Å². The van der Waals surface area contributed by atoms with E-state index in [1.165, 1.54) is 11.6 Å². The molecule has 1 heterocycles. The third kappa shape index (κ3) is 8.01. The molecule has 0 saturated heterocycles. The van der Waals surface area contributed by atoms with Crippen LogP contribution in [0.4, 0.5) is 11.4 Å². The van der Waals surface area contributed by atoms with Crippen LogP contribution in [-0.4, -0.2) is 31.6 Å². The van der Waals surface area contributed by atoms with E-state index in [2.05, 4.69) is 5.32 Å². The van der Waals surface area contributed by atoms with E-state index in [-0.39, 0.29) is 18.4 Å². The molecule has 0 unspecified atom stereocenters. The standard InChI is InChI=1S/C35H34N2O5/c1-26-9-15-30(16-10-26)40-22-6-5-21-37-32-23-29(14-19-33(32)42-25-35(37)39)36-34(38)20-13-27-11-17-31(18-12-27)41-24-28-7-3-2-4-8-28/h2-4,7-20,23H,5-6,21-22,24-25H2,1H3,(H,36,38)/b20-13+. The normalized spacial score (nSPS) is 12.5. The fraction of sp³-hybridized carbons (Fsp3) is 0.200. The van der Waals surface area contributed by atoms with Crippen molar-refractivity contribution in [3.05, 3.63) is 120 Å². The number of anilines is 2. The second-order valence-corrected chi connectivity index (χ2v) is 10.1. The number of nitrogens with one attached hydrogen (secondary N) is 1. The van der Waals surface area contributed by atoms with Crippen LogP contribution in [0.3, 0.4) is 0 Å². The van der Waals surface area contributed by atoms with E-state index in [1.54, 1.807) is 29.2 Å². The van der Waals surface area contributed by atoms with Gasteiger partial charge in [0.25, 0.3) is 5.91 Å². The minimum Gasteiger partial charge on any atom is -0.494 e. The molecule has 1 aliphatic heterocycles. The molecular formula is C35H34N2O5. The smallest absolute Gasteiger partial charge is 0.265 e. The zero-order valence-corrected chi connectivity index (χ0v) is 23.6. The van der Waals surface area contributed by atoms with Crippen LogP contribution < -0.4 is 24.4 Å². The predicted molar refractivity (Wildman–Crippen MR) is 165 cm³/mol. The number of carbonyl (C=O) groups is 2. The fourth-order valence-electron chi connectivity index (χ4n) is 4.49. The molecular weight excluding hydrogens is 528 g/mol. The first kappa shape index (κ1) is 28.5. The lowest BCUT2D eigenvalue weighted by Gasteiger charge is -2.30. The Bertz CT molecular complexity index is 1520. The average molecular weight is 563 g/mol. The summed E-state index contributed by atoms with van der Waals surface area (Å²) < 4.78 is 17.3. The van der Waals surface area contributed by atoms with E-state index in [1.807, 2.05) is 85.8 Å². The Morgan fingerprint density at radius 2 is 1.64 bits per heavy atom. The number of rotatable bonds is 12. The Labute approximate surface area is 246 Å². The van der Waals surface area contributed by atoms with Crippen molar-refractivity contribution in [2.24, 2.45) is 0 Å². The van der Waals surface area contributed by atoms with Gasteiger partial charge in [-0.25, -0.2) is 0 Å². The zero-order chi connectivity index (χ0) is 29.1. The minimum atomic E-state index is -0.276. The summed E-state index contributed by atoms with van der Waals surface area (Å²) >= 11 is 0. The summed E-state index contributed by atoms with van der Waals surface area (Å²) in [6.07, 6.45) is 4.79. The summed E-state index contributed by atoms with van der Waals surface area (Å²) in [5, 5.41) is 2.88. The number of aryl methyl sites for hydroxylation is 1. The lowest BCUT2D eigenvalue weighted by molar-refractivity contribution is -0.121. The van der Waals surface area contributed by atoms with E-state index in [0.29, 0.717) is 36.9 Å². The van der Waals surface area contributed by atoms with Crippen LogP contribution in [0.5, 0.6) is 17.2 Å². The second kappa shape index (κ2) is 14.0. The number of unbranched alkanes of at least 4 members (excludes halogenated alkanes) is 1. The Balaban J connectivity index is 1.12. The Kier molecular flexibility index (Phi) is 9.52. The van der Waals surface area contributed by atoms with Crippen molar-refractivity contribution >= 4 is 29.3 Å². The molecule has 0 spiro atoms. The van der Waals surface area contributed by atoms with Crippen molar-refractivity contribution < 1.29 is 23.8 Å². The summed E-state index contributed by atoms with van der Waals surface area (Å²) in [7, 11) is 0. The van der Waals surface area contributed by atoms with Crippen LogP contribution in [0.1, 0.15) is 29.5 Å². The van der Waals surface area contributed by atoms with Gasteiger partial charge in [-0.2, -0.15) is 0 Å². The van der Waals surface area contributed by atoms with Crippen molar-refractivity contribution in [2.45, 2.75) is 26.4 Å². The minimum absolute atomic E-state index is 0.00258. The number of hydrogen-bond acceptors (Lipinski definition) is 5. The van der Waals surface area contributed by atoms with Crippen molar-refractivity contribution in [2.75, 3.05) is 30.0 Å². The van der Waals surface area contributed by atoms with Crippen LogP contribution in [-0.2, 0) is 16.2 Å². The molecule has 1 N–H and O–H groups in total. The predicted octanol–water partition coefficient (Wildman–Crippen LogP) is 6.81. The van der Waals surface area contributed by atoms with Gasteiger partial charge in [-0.1, -0.05) is 60.2 Å². The topological polar surface area (TPSA) is 77.1 Å².